The molecule has 1 aromatic carbocycles. The Hall–Kier alpha value is -2.02. The van der Waals surface area contributed by atoms with Gasteiger partial charge in [-0.05, 0) is 44.9 Å². The summed E-state index contributed by atoms with van der Waals surface area (Å²) in [6.45, 7) is 7.00. The van der Waals surface area contributed by atoms with Gasteiger partial charge in [-0.15, -0.1) is 0 Å². The number of nitrogens with zero attached hydrogens (tertiary/aromatic N) is 2. The largest absolute Gasteiger partial charge is 0.462 e. The molecule has 0 radical (unpaired) electrons. The smallest absolute Gasteiger partial charge is 0.340 e. The van der Waals surface area contributed by atoms with Crippen molar-refractivity contribution in [1.29, 1.82) is 0 Å². The molecule has 0 bridgehead atoms. The van der Waals surface area contributed by atoms with E-state index in [1.54, 1.807) is 0 Å². The number of rotatable bonds is 5. The highest BCUT2D eigenvalue weighted by Crippen LogP contribution is 2.29. The molecule has 2 fully saturated rings. The van der Waals surface area contributed by atoms with Gasteiger partial charge in [0.05, 0.1) is 42.6 Å². The maximum atomic E-state index is 12.8. The van der Waals surface area contributed by atoms with E-state index in [1.807, 2.05) is 38.1 Å². The molecule has 1 atom stereocenters. The van der Waals surface area contributed by atoms with Crippen LogP contribution in [0.2, 0.25) is 0 Å². The van der Waals surface area contributed by atoms with Gasteiger partial charge in [-0.2, -0.15) is 0 Å². The first-order chi connectivity index (χ1) is 13.7. The number of fused-ring (bicyclic) bond motifs is 1. The minimum absolute atomic E-state index is 0.187. The molecule has 2 aliphatic heterocycles. The predicted octanol–water partition coefficient (Wildman–Crippen LogP) is 3.45. The van der Waals surface area contributed by atoms with Crippen molar-refractivity contribution in [1.82, 2.24) is 9.88 Å². The maximum absolute atomic E-state index is 12.8. The first-order valence-electron chi connectivity index (χ1n) is 10.2. The molecule has 0 amide bonds. The van der Waals surface area contributed by atoms with Crippen LogP contribution in [-0.2, 0) is 20.8 Å². The Balaban J connectivity index is 1.71. The van der Waals surface area contributed by atoms with Crippen LogP contribution in [0.3, 0.4) is 0 Å². The maximum Gasteiger partial charge on any atom is 0.340 e. The lowest BCUT2D eigenvalue weighted by molar-refractivity contribution is -0.111. The van der Waals surface area contributed by atoms with Crippen molar-refractivity contribution < 1.29 is 19.0 Å². The first-order valence-corrected chi connectivity index (χ1v) is 10.2. The second kappa shape index (κ2) is 8.55. The van der Waals surface area contributed by atoms with E-state index in [0.717, 1.165) is 41.5 Å². The molecule has 0 aliphatic carbocycles. The Labute approximate surface area is 165 Å². The lowest BCUT2D eigenvalue weighted by atomic mass is 9.98. The molecule has 2 saturated heterocycles. The number of likely N-dealkylation sites (tertiary alicyclic amines) is 1. The Morgan fingerprint density at radius 1 is 1.25 bits per heavy atom. The fraction of sp³-hybridized carbons (Fsp3) is 0.545. The zero-order valence-corrected chi connectivity index (χ0v) is 16.6. The zero-order valence-electron chi connectivity index (χ0n) is 16.6. The number of aryl methyl sites for hydroxylation is 1. The van der Waals surface area contributed by atoms with E-state index in [1.165, 1.54) is 6.42 Å². The van der Waals surface area contributed by atoms with Gasteiger partial charge < -0.3 is 14.2 Å². The number of ether oxygens (including phenoxy) is 3. The van der Waals surface area contributed by atoms with Gasteiger partial charge in [0, 0.05) is 11.9 Å². The molecule has 6 heteroatoms. The van der Waals surface area contributed by atoms with Crippen molar-refractivity contribution in [3.8, 4) is 0 Å². The first kappa shape index (κ1) is 19.3. The van der Waals surface area contributed by atoms with Crippen LogP contribution in [0.1, 0.15) is 47.8 Å². The number of hydrogen-bond acceptors (Lipinski definition) is 6. The third-order valence-electron chi connectivity index (χ3n) is 5.69. The molecule has 1 aromatic heterocycles. The molecular weight excluding hydrogens is 356 g/mol. The number of aromatic nitrogens is 1. The normalized spacial score (nSPS) is 21.3. The topological polar surface area (TPSA) is 60.9 Å². The summed E-state index contributed by atoms with van der Waals surface area (Å²) in [5, 5.41) is 0.993. The van der Waals surface area contributed by atoms with Crippen LogP contribution < -0.4 is 0 Å². The van der Waals surface area contributed by atoms with Crippen molar-refractivity contribution in [3.63, 3.8) is 0 Å². The number of carbonyl (C=O) groups excluding carboxylic acids is 1. The molecule has 0 saturated carbocycles. The van der Waals surface area contributed by atoms with E-state index in [4.69, 9.17) is 19.2 Å². The second-order valence-corrected chi connectivity index (χ2v) is 7.44. The summed E-state index contributed by atoms with van der Waals surface area (Å²) in [6.07, 6.45) is 3.14. The zero-order chi connectivity index (χ0) is 19.5. The van der Waals surface area contributed by atoms with Gasteiger partial charge in [-0.25, -0.2) is 4.79 Å². The number of piperidine rings is 1. The Kier molecular flexibility index (Phi) is 5.90. The summed E-state index contributed by atoms with van der Waals surface area (Å²) in [4.78, 5) is 20.0. The van der Waals surface area contributed by atoms with Crippen molar-refractivity contribution in [2.75, 3.05) is 26.4 Å². The van der Waals surface area contributed by atoms with Gasteiger partial charge in [0.25, 0.3) is 0 Å². The van der Waals surface area contributed by atoms with Crippen LogP contribution in [0.25, 0.3) is 10.9 Å². The highest BCUT2D eigenvalue weighted by atomic mass is 16.7. The van der Waals surface area contributed by atoms with Crippen LogP contribution in [0, 0.1) is 6.92 Å². The van der Waals surface area contributed by atoms with Crippen LogP contribution in [0.4, 0.5) is 0 Å². The Morgan fingerprint density at radius 3 is 2.82 bits per heavy atom. The van der Waals surface area contributed by atoms with Crippen LogP contribution in [0.5, 0.6) is 0 Å². The van der Waals surface area contributed by atoms with Gasteiger partial charge >= 0.3 is 5.97 Å². The summed E-state index contributed by atoms with van der Waals surface area (Å²) < 4.78 is 17.0. The van der Waals surface area contributed by atoms with Gasteiger partial charge in [-0.3, -0.25) is 9.88 Å². The number of carbonyl (C=O) groups is 1. The van der Waals surface area contributed by atoms with Gasteiger partial charge in [0.15, 0.2) is 6.29 Å². The van der Waals surface area contributed by atoms with Gasteiger partial charge in [-0.1, -0.05) is 24.6 Å². The van der Waals surface area contributed by atoms with Crippen molar-refractivity contribution in [2.24, 2.45) is 0 Å². The summed E-state index contributed by atoms with van der Waals surface area (Å²) in [5.74, 6) is -0.296. The molecule has 28 heavy (non-hydrogen) atoms. The quantitative estimate of drug-likeness (QED) is 0.736. The molecule has 0 N–H and O–H groups in total. The lowest BCUT2D eigenvalue weighted by Crippen LogP contribution is -2.47. The summed E-state index contributed by atoms with van der Waals surface area (Å²) in [5.41, 5.74) is 3.21. The van der Waals surface area contributed by atoms with Gasteiger partial charge in [0.2, 0.25) is 0 Å². The van der Waals surface area contributed by atoms with E-state index < -0.39 is 0 Å². The monoisotopic (exact) mass is 384 g/mol. The molecule has 150 valence electrons. The third kappa shape index (κ3) is 3.77. The fourth-order valence-corrected chi connectivity index (χ4v) is 4.34. The Bertz CT molecular complexity index is 848. The fourth-order valence-electron chi connectivity index (χ4n) is 4.34. The molecule has 4 rings (SSSR count). The van der Waals surface area contributed by atoms with E-state index in [0.29, 0.717) is 31.9 Å². The standard InChI is InChI=1S/C22H28N2O4/c1-3-26-21(25)20-15(2)16-8-4-5-9-17(16)23-18(20)14-24-11-7-6-10-19(24)22-27-12-13-28-22/h4-5,8-9,19,22H,3,6-7,10-14H2,1-2H3/t19-/m0/s1. The number of hydrogen-bond donors (Lipinski definition) is 0. The molecular formula is C22H28N2O4. The molecule has 6 nitrogen and oxygen atoms in total. The van der Waals surface area contributed by atoms with Gasteiger partial charge in [0.1, 0.15) is 0 Å². The highest BCUT2D eigenvalue weighted by Gasteiger charge is 2.34. The summed E-state index contributed by atoms with van der Waals surface area (Å²) in [6, 6.07) is 8.15. The average Bonchev–Trinajstić information content (AvgIpc) is 3.23. The minimum Gasteiger partial charge on any atom is -0.462 e. The molecule has 2 aliphatic rings. The van der Waals surface area contributed by atoms with Crippen molar-refractivity contribution in [3.05, 3.63) is 41.1 Å². The van der Waals surface area contributed by atoms with Crippen molar-refractivity contribution >= 4 is 16.9 Å². The van der Waals surface area contributed by atoms with Crippen LogP contribution >= 0.6 is 0 Å². The second-order valence-electron chi connectivity index (χ2n) is 7.44. The summed E-state index contributed by atoms with van der Waals surface area (Å²) in [7, 11) is 0. The predicted molar refractivity (Wildman–Crippen MR) is 106 cm³/mol. The number of para-hydroxylation sites is 1. The molecule has 0 spiro atoms. The van der Waals surface area contributed by atoms with E-state index in [2.05, 4.69) is 4.90 Å². The minimum atomic E-state index is -0.296. The number of benzene rings is 1. The third-order valence-corrected chi connectivity index (χ3v) is 5.69. The highest BCUT2D eigenvalue weighted by molar-refractivity contribution is 5.98. The average molecular weight is 384 g/mol. The lowest BCUT2D eigenvalue weighted by Gasteiger charge is -2.38. The SMILES string of the molecule is CCOC(=O)c1c(CN2CCCC[C@H]2C2OCCO2)nc2ccccc2c1C. The summed E-state index contributed by atoms with van der Waals surface area (Å²) >= 11 is 0. The van der Waals surface area contributed by atoms with E-state index >= 15 is 0 Å². The van der Waals surface area contributed by atoms with Crippen molar-refractivity contribution in [2.45, 2.75) is 52.0 Å². The van der Waals surface area contributed by atoms with E-state index in [-0.39, 0.29) is 18.3 Å². The van der Waals surface area contributed by atoms with Crippen LogP contribution in [0.15, 0.2) is 24.3 Å². The molecule has 2 aromatic rings. The number of esters is 1. The Morgan fingerprint density at radius 2 is 2.04 bits per heavy atom. The number of pyridine rings is 1. The molecule has 3 heterocycles. The van der Waals surface area contributed by atoms with E-state index in [9.17, 15) is 4.79 Å². The van der Waals surface area contributed by atoms with Crippen LogP contribution in [-0.4, -0.2) is 54.6 Å². The molecule has 0 unspecified atom stereocenters.